The molecule has 0 heterocycles. The van der Waals surface area contributed by atoms with Gasteiger partial charge in [-0.2, -0.15) is 0 Å². The van der Waals surface area contributed by atoms with E-state index in [1.807, 2.05) is 6.92 Å². The van der Waals surface area contributed by atoms with Gasteiger partial charge >= 0.3 is 0 Å². The highest BCUT2D eigenvalue weighted by atomic mass is 16.3. The zero-order valence-electron chi connectivity index (χ0n) is 10.0. The summed E-state index contributed by atoms with van der Waals surface area (Å²) in [7, 11) is 0. The largest absolute Gasteiger partial charge is 0.392 e. The molecule has 0 saturated carbocycles. The van der Waals surface area contributed by atoms with Crippen LogP contribution in [-0.4, -0.2) is 27.7 Å². The van der Waals surface area contributed by atoms with E-state index in [4.69, 9.17) is 0 Å². The SMILES string of the molecule is C=C[C@@H](C)[C@@H](O)[C@@H](C)C(=O)CC(C)(C)O. The van der Waals surface area contributed by atoms with Gasteiger partial charge in [0.05, 0.1) is 11.7 Å². The molecule has 0 aromatic carbocycles. The second-order valence-electron chi connectivity index (χ2n) is 4.83. The molecule has 0 bridgehead atoms. The van der Waals surface area contributed by atoms with Crippen molar-refractivity contribution in [2.75, 3.05) is 0 Å². The summed E-state index contributed by atoms with van der Waals surface area (Å²) >= 11 is 0. The van der Waals surface area contributed by atoms with Crippen LogP contribution in [0, 0.1) is 11.8 Å². The van der Waals surface area contributed by atoms with E-state index in [1.165, 1.54) is 0 Å². The van der Waals surface area contributed by atoms with E-state index >= 15 is 0 Å². The summed E-state index contributed by atoms with van der Waals surface area (Å²) in [6, 6.07) is 0. The Morgan fingerprint density at radius 1 is 1.47 bits per heavy atom. The first-order valence-electron chi connectivity index (χ1n) is 5.24. The molecule has 3 heteroatoms. The number of rotatable bonds is 6. The van der Waals surface area contributed by atoms with Crippen LogP contribution in [0.5, 0.6) is 0 Å². The minimum absolute atomic E-state index is 0.0646. The molecule has 0 rings (SSSR count). The maximum absolute atomic E-state index is 11.7. The monoisotopic (exact) mass is 214 g/mol. The molecule has 2 N–H and O–H groups in total. The fourth-order valence-corrected chi connectivity index (χ4v) is 1.37. The lowest BCUT2D eigenvalue weighted by Crippen LogP contribution is -2.34. The Kier molecular flexibility index (Phi) is 5.18. The Morgan fingerprint density at radius 2 is 1.93 bits per heavy atom. The van der Waals surface area contributed by atoms with Crippen molar-refractivity contribution in [3.63, 3.8) is 0 Å². The van der Waals surface area contributed by atoms with Crippen LogP contribution in [0.3, 0.4) is 0 Å². The zero-order valence-corrected chi connectivity index (χ0v) is 10.0. The van der Waals surface area contributed by atoms with E-state index in [1.54, 1.807) is 26.8 Å². The lowest BCUT2D eigenvalue weighted by atomic mass is 9.86. The summed E-state index contributed by atoms with van der Waals surface area (Å²) in [5.41, 5.74) is -1.01. The molecule has 0 amide bonds. The fraction of sp³-hybridized carbons (Fsp3) is 0.750. The van der Waals surface area contributed by atoms with E-state index in [0.717, 1.165) is 0 Å². The van der Waals surface area contributed by atoms with Crippen LogP contribution in [0.2, 0.25) is 0 Å². The summed E-state index contributed by atoms with van der Waals surface area (Å²) in [6.07, 6.45) is 0.963. The van der Waals surface area contributed by atoms with Crippen molar-refractivity contribution in [2.24, 2.45) is 11.8 Å². The molecule has 0 spiro atoms. The maximum atomic E-state index is 11.7. The van der Waals surface area contributed by atoms with Crippen LogP contribution in [0.4, 0.5) is 0 Å². The molecule has 0 saturated heterocycles. The summed E-state index contributed by atoms with van der Waals surface area (Å²) < 4.78 is 0. The molecule has 88 valence electrons. The summed E-state index contributed by atoms with van der Waals surface area (Å²) in [6.45, 7) is 10.2. The normalized spacial score (nSPS) is 18.0. The smallest absolute Gasteiger partial charge is 0.141 e. The van der Waals surface area contributed by atoms with E-state index in [-0.39, 0.29) is 18.1 Å². The molecule has 0 radical (unpaired) electrons. The lowest BCUT2D eigenvalue weighted by molar-refractivity contribution is -0.130. The Balaban J connectivity index is 4.38. The van der Waals surface area contributed by atoms with Crippen molar-refractivity contribution in [2.45, 2.75) is 45.8 Å². The van der Waals surface area contributed by atoms with Gasteiger partial charge in [0.15, 0.2) is 0 Å². The topological polar surface area (TPSA) is 57.5 Å². The molecular formula is C12H22O3. The second-order valence-corrected chi connectivity index (χ2v) is 4.83. The highest BCUT2D eigenvalue weighted by Crippen LogP contribution is 2.19. The number of ketones is 1. The zero-order chi connectivity index (χ0) is 12.2. The van der Waals surface area contributed by atoms with Crippen molar-refractivity contribution in [1.29, 1.82) is 0 Å². The van der Waals surface area contributed by atoms with E-state index in [2.05, 4.69) is 6.58 Å². The van der Waals surface area contributed by atoms with E-state index < -0.39 is 17.6 Å². The highest BCUT2D eigenvalue weighted by molar-refractivity contribution is 5.82. The summed E-state index contributed by atoms with van der Waals surface area (Å²) in [5.74, 6) is -0.709. The van der Waals surface area contributed by atoms with Gasteiger partial charge in [-0.1, -0.05) is 19.9 Å². The average Bonchev–Trinajstić information content (AvgIpc) is 2.11. The van der Waals surface area contributed by atoms with Crippen molar-refractivity contribution in [3.8, 4) is 0 Å². The highest BCUT2D eigenvalue weighted by Gasteiger charge is 2.28. The van der Waals surface area contributed by atoms with Gasteiger partial charge in [0, 0.05) is 18.3 Å². The predicted octanol–water partition coefficient (Wildman–Crippen LogP) is 1.54. The number of hydrogen-bond donors (Lipinski definition) is 2. The van der Waals surface area contributed by atoms with Gasteiger partial charge in [0.25, 0.3) is 0 Å². The molecule has 3 atom stereocenters. The standard InChI is InChI=1S/C12H22O3/c1-6-8(2)11(14)9(3)10(13)7-12(4,5)15/h6,8-9,11,14-15H,1,7H2,2-5H3/t8-,9+,11-/m1/s1. The number of carbonyl (C=O) groups excluding carboxylic acids is 1. The van der Waals surface area contributed by atoms with Crippen LogP contribution in [-0.2, 0) is 4.79 Å². The van der Waals surface area contributed by atoms with Gasteiger partial charge in [0.2, 0.25) is 0 Å². The predicted molar refractivity (Wildman–Crippen MR) is 60.5 cm³/mol. The number of aliphatic hydroxyl groups is 2. The van der Waals surface area contributed by atoms with E-state index in [9.17, 15) is 15.0 Å². The first-order valence-corrected chi connectivity index (χ1v) is 5.24. The minimum atomic E-state index is -1.01. The Hall–Kier alpha value is -0.670. The molecule has 0 aliphatic carbocycles. The van der Waals surface area contributed by atoms with Gasteiger partial charge in [-0.15, -0.1) is 6.58 Å². The van der Waals surface area contributed by atoms with Crippen molar-refractivity contribution >= 4 is 5.78 Å². The molecule has 0 aliphatic heterocycles. The number of Topliss-reactive ketones (excluding diaryl/α,β-unsaturated/α-hetero) is 1. The first kappa shape index (κ1) is 14.3. The molecule has 0 unspecified atom stereocenters. The van der Waals surface area contributed by atoms with Crippen LogP contribution in [0.15, 0.2) is 12.7 Å². The second kappa shape index (κ2) is 5.42. The van der Waals surface area contributed by atoms with Crippen molar-refractivity contribution < 1.29 is 15.0 Å². The van der Waals surface area contributed by atoms with Gasteiger partial charge in [-0.3, -0.25) is 4.79 Å². The molecule has 15 heavy (non-hydrogen) atoms. The van der Waals surface area contributed by atoms with Crippen LogP contribution in [0.25, 0.3) is 0 Å². The van der Waals surface area contributed by atoms with Crippen molar-refractivity contribution in [3.05, 3.63) is 12.7 Å². The number of hydrogen-bond acceptors (Lipinski definition) is 3. The number of carbonyl (C=O) groups is 1. The summed E-state index contributed by atoms with van der Waals surface area (Å²) in [5, 5.41) is 19.3. The van der Waals surface area contributed by atoms with E-state index in [0.29, 0.717) is 0 Å². The molecule has 0 aliphatic rings. The molecular weight excluding hydrogens is 192 g/mol. The third-order valence-corrected chi connectivity index (χ3v) is 2.54. The third-order valence-electron chi connectivity index (χ3n) is 2.54. The van der Waals surface area contributed by atoms with Crippen LogP contribution in [0.1, 0.15) is 34.1 Å². The number of aliphatic hydroxyl groups excluding tert-OH is 1. The molecule has 3 nitrogen and oxygen atoms in total. The summed E-state index contributed by atoms with van der Waals surface area (Å²) in [4.78, 5) is 11.7. The van der Waals surface area contributed by atoms with Gasteiger partial charge in [0.1, 0.15) is 5.78 Å². The minimum Gasteiger partial charge on any atom is -0.392 e. The first-order chi connectivity index (χ1) is 6.69. The van der Waals surface area contributed by atoms with Gasteiger partial charge < -0.3 is 10.2 Å². The van der Waals surface area contributed by atoms with Gasteiger partial charge in [-0.25, -0.2) is 0 Å². The molecule has 0 aromatic rings. The van der Waals surface area contributed by atoms with Crippen molar-refractivity contribution in [1.82, 2.24) is 0 Å². The average molecular weight is 214 g/mol. The van der Waals surface area contributed by atoms with Gasteiger partial charge in [-0.05, 0) is 13.8 Å². The van der Waals surface area contributed by atoms with Crippen LogP contribution >= 0.6 is 0 Å². The molecule has 0 aromatic heterocycles. The maximum Gasteiger partial charge on any atom is 0.141 e. The fourth-order valence-electron chi connectivity index (χ4n) is 1.37. The molecule has 0 fully saturated rings. The van der Waals surface area contributed by atoms with Crippen LogP contribution < -0.4 is 0 Å². The quantitative estimate of drug-likeness (QED) is 0.659. The lowest BCUT2D eigenvalue weighted by Gasteiger charge is -2.24. The Morgan fingerprint density at radius 3 is 2.27 bits per heavy atom. The Labute approximate surface area is 91.8 Å². The Bertz CT molecular complexity index is 228. The third kappa shape index (κ3) is 5.09.